The van der Waals surface area contributed by atoms with E-state index in [0.29, 0.717) is 0 Å². The minimum absolute atomic E-state index is 1.09. The fourth-order valence-corrected chi connectivity index (χ4v) is 1.41. The standard InChI is InChI=1S/C10H17N/c1-3-10(2)6-9-11-7-4-5-8-11/h3H,1-2,4-9H2. The molecule has 0 aromatic heterocycles. The highest BCUT2D eigenvalue weighted by Crippen LogP contribution is 2.09. The van der Waals surface area contributed by atoms with Crippen LogP contribution < -0.4 is 0 Å². The molecular formula is C10H17N. The Morgan fingerprint density at radius 2 is 2.00 bits per heavy atom. The van der Waals surface area contributed by atoms with E-state index in [1.165, 1.54) is 32.5 Å². The molecule has 0 aliphatic carbocycles. The molecule has 1 aliphatic heterocycles. The molecule has 0 spiro atoms. The van der Waals surface area contributed by atoms with E-state index in [0.717, 1.165) is 12.0 Å². The van der Waals surface area contributed by atoms with Crippen LogP contribution in [0.1, 0.15) is 19.3 Å². The van der Waals surface area contributed by atoms with Crippen LogP contribution in [0.5, 0.6) is 0 Å². The highest BCUT2D eigenvalue weighted by Gasteiger charge is 2.09. The van der Waals surface area contributed by atoms with Gasteiger partial charge in [0.15, 0.2) is 0 Å². The minimum atomic E-state index is 1.09. The van der Waals surface area contributed by atoms with E-state index < -0.39 is 0 Å². The van der Waals surface area contributed by atoms with Crippen molar-refractivity contribution in [2.24, 2.45) is 0 Å². The van der Waals surface area contributed by atoms with Crippen LogP contribution in [0.3, 0.4) is 0 Å². The third-order valence-corrected chi connectivity index (χ3v) is 2.24. The Balaban J connectivity index is 2.10. The molecule has 1 nitrogen and oxygen atoms in total. The first-order valence-corrected chi connectivity index (χ1v) is 4.35. The summed E-state index contributed by atoms with van der Waals surface area (Å²) in [4.78, 5) is 2.49. The first-order valence-electron chi connectivity index (χ1n) is 4.35. The third-order valence-electron chi connectivity index (χ3n) is 2.24. The molecule has 1 heterocycles. The second-order valence-corrected chi connectivity index (χ2v) is 3.16. The van der Waals surface area contributed by atoms with Gasteiger partial charge in [0.05, 0.1) is 0 Å². The van der Waals surface area contributed by atoms with Crippen LogP contribution >= 0.6 is 0 Å². The number of likely N-dealkylation sites (tertiary alicyclic amines) is 1. The van der Waals surface area contributed by atoms with Crippen molar-refractivity contribution in [2.45, 2.75) is 19.3 Å². The van der Waals surface area contributed by atoms with E-state index in [9.17, 15) is 0 Å². The monoisotopic (exact) mass is 151 g/mol. The van der Waals surface area contributed by atoms with Crippen LogP contribution in [0.25, 0.3) is 0 Å². The zero-order valence-corrected chi connectivity index (χ0v) is 7.18. The maximum Gasteiger partial charge on any atom is 0.00216 e. The van der Waals surface area contributed by atoms with Gasteiger partial charge in [0.25, 0.3) is 0 Å². The van der Waals surface area contributed by atoms with E-state index in [-0.39, 0.29) is 0 Å². The van der Waals surface area contributed by atoms with E-state index in [4.69, 9.17) is 0 Å². The molecule has 1 heteroatoms. The highest BCUT2D eigenvalue weighted by molar-refractivity contribution is 5.10. The van der Waals surface area contributed by atoms with Crippen molar-refractivity contribution in [1.82, 2.24) is 4.90 Å². The van der Waals surface area contributed by atoms with Gasteiger partial charge in [-0.1, -0.05) is 24.8 Å². The minimum Gasteiger partial charge on any atom is -0.303 e. The van der Waals surface area contributed by atoms with Gasteiger partial charge in [0.1, 0.15) is 0 Å². The Morgan fingerprint density at radius 3 is 2.55 bits per heavy atom. The first kappa shape index (κ1) is 8.54. The Labute approximate surface area is 69.4 Å². The SMILES string of the molecule is C=CC(=C)CCN1CCCC1. The Kier molecular flexibility index (Phi) is 3.37. The van der Waals surface area contributed by atoms with E-state index >= 15 is 0 Å². The van der Waals surface area contributed by atoms with Gasteiger partial charge in [-0.25, -0.2) is 0 Å². The normalized spacial score (nSPS) is 18.5. The molecular weight excluding hydrogens is 134 g/mol. The lowest BCUT2D eigenvalue weighted by molar-refractivity contribution is 0.344. The quantitative estimate of drug-likeness (QED) is 0.557. The molecule has 0 amide bonds. The van der Waals surface area contributed by atoms with E-state index in [1.54, 1.807) is 0 Å². The van der Waals surface area contributed by atoms with Gasteiger partial charge in [-0.2, -0.15) is 0 Å². The molecule has 0 atom stereocenters. The lowest BCUT2D eigenvalue weighted by atomic mass is 10.2. The molecule has 0 saturated carbocycles. The van der Waals surface area contributed by atoms with Crippen molar-refractivity contribution in [1.29, 1.82) is 0 Å². The topological polar surface area (TPSA) is 3.24 Å². The number of nitrogens with zero attached hydrogens (tertiary/aromatic N) is 1. The van der Waals surface area contributed by atoms with Gasteiger partial charge in [0.2, 0.25) is 0 Å². The Hall–Kier alpha value is -0.560. The van der Waals surface area contributed by atoms with Gasteiger partial charge in [-0.15, -0.1) is 0 Å². The second-order valence-electron chi connectivity index (χ2n) is 3.16. The number of allylic oxidation sites excluding steroid dienone is 1. The van der Waals surface area contributed by atoms with Crippen LogP contribution in [-0.4, -0.2) is 24.5 Å². The molecule has 0 bridgehead atoms. The van der Waals surface area contributed by atoms with Crippen molar-refractivity contribution in [3.8, 4) is 0 Å². The molecule has 11 heavy (non-hydrogen) atoms. The van der Waals surface area contributed by atoms with Crippen molar-refractivity contribution >= 4 is 0 Å². The number of hydrogen-bond acceptors (Lipinski definition) is 1. The molecule has 0 radical (unpaired) electrons. The lowest BCUT2D eigenvalue weighted by Gasteiger charge is -2.13. The van der Waals surface area contributed by atoms with Gasteiger partial charge in [0, 0.05) is 6.54 Å². The van der Waals surface area contributed by atoms with Gasteiger partial charge in [-0.05, 0) is 32.4 Å². The summed E-state index contributed by atoms with van der Waals surface area (Å²) < 4.78 is 0. The van der Waals surface area contributed by atoms with Crippen LogP contribution in [0.2, 0.25) is 0 Å². The van der Waals surface area contributed by atoms with Crippen molar-refractivity contribution in [3.05, 3.63) is 24.8 Å². The zero-order chi connectivity index (χ0) is 8.10. The molecule has 0 aromatic carbocycles. The maximum absolute atomic E-state index is 3.89. The molecule has 1 fully saturated rings. The Bertz CT molecular complexity index is 143. The molecule has 0 N–H and O–H groups in total. The zero-order valence-electron chi connectivity index (χ0n) is 7.18. The molecule has 62 valence electrons. The second kappa shape index (κ2) is 4.35. The summed E-state index contributed by atoms with van der Waals surface area (Å²) in [6.07, 6.45) is 5.70. The summed E-state index contributed by atoms with van der Waals surface area (Å²) in [7, 11) is 0. The summed E-state index contributed by atoms with van der Waals surface area (Å²) in [6.45, 7) is 11.3. The van der Waals surface area contributed by atoms with E-state index in [1.807, 2.05) is 6.08 Å². The molecule has 1 rings (SSSR count). The first-order chi connectivity index (χ1) is 5.33. The largest absolute Gasteiger partial charge is 0.303 e. The predicted molar refractivity (Wildman–Crippen MR) is 49.6 cm³/mol. The van der Waals surface area contributed by atoms with Crippen molar-refractivity contribution < 1.29 is 0 Å². The summed E-state index contributed by atoms with van der Waals surface area (Å²) in [5.74, 6) is 0. The third kappa shape index (κ3) is 2.89. The van der Waals surface area contributed by atoms with Crippen LogP contribution in [0.15, 0.2) is 24.8 Å². The highest BCUT2D eigenvalue weighted by atomic mass is 15.1. The van der Waals surface area contributed by atoms with E-state index in [2.05, 4.69) is 18.1 Å². The summed E-state index contributed by atoms with van der Waals surface area (Å²) in [5, 5.41) is 0. The molecule has 1 aliphatic rings. The smallest absolute Gasteiger partial charge is 0.00216 e. The van der Waals surface area contributed by atoms with Gasteiger partial charge < -0.3 is 4.90 Å². The average molecular weight is 151 g/mol. The molecule has 0 aromatic rings. The molecule has 1 saturated heterocycles. The number of rotatable bonds is 4. The summed E-state index contributed by atoms with van der Waals surface area (Å²) in [6, 6.07) is 0. The average Bonchev–Trinajstić information content (AvgIpc) is 2.52. The van der Waals surface area contributed by atoms with Crippen LogP contribution in [0.4, 0.5) is 0 Å². The maximum atomic E-state index is 3.89. The van der Waals surface area contributed by atoms with Crippen LogP contribution in [-0.2, 0) is 0 Å². The molecule has 0 unspecified atom stereocenters. The van der Waals surface area contributed by atoms with Gasteiger partial charge in [-0.3, -0.25) is 0 Å². The Morgan fingerprint density at radius 1 is 1.36 bits per heavy atom. The van der Waals surface area contributed by atoms with Crippen molar-refractivity contribution in [2.75, 3.05) is 19.6 Å². The summed E-state index contributed by atoms with van der Waals surface area (Å²) in [5.41, 5.74) is 1.16. The fourth-order valence-electron chi connectivity index (χ4n) is 1.41. The fraction of sp³-hybridized carbons (Fsp3) is 0.600. The van der Waals surface area contributed by atoms with Crippen molar-refractivity contribution in [3.63, 3.8) is 0 Å². The number of hydrogen-bond donors (Lipinski definition) is 0. The summed E-state index contributed by atoms with van der Waals surface area (Å²) >= 11 is 0. The van der Waals surface area contributed by atoms with Crippen LogP contribution in [0, 0.1) is 0 Å². The lowest BCUT2D eigenvalue weighted by Crippen LogP contribution is -2.20. The predicted octanol–water partition coefficient (Wildman–Crippen LogP) is 2.21. The van der Waals surface area contributed by atoms with Gasteiger partial charge >= 0.3 is 0 Å².